The molecule has 2 N–H and O–H groups in total. The number of carbonyl (C=O) groups is 2. The summed E-state index contributed by atoms with van der Waals surface area (Å²) in [5.74, 6) is -1.37. The molecule has 0 heterocycles. The molecule has 15 heavy (non-hydrogen) atoms. The van der Waals surface area contributed by atoms with Crippen LogP contribution in [0.25, 0.3) is 0 Å². The molecule has 0 aromatic rings. The van der Waals surface area contributed by atoms with Gasteiger partial charge in [0, 0.05) is 0 Å². The monoisotopic (exact) mass is 215 g/mol. The second-order valence-electron chi connectivity index (χ2n) is 3.11. The van der Waals surface area contributed by atoms with Gasteiger partial charge in [0.15, 0.2) is 0 Å². The van der Waals surface area contributed by atoms with Crippen LogP contribution >= 0.6 is 0 Å². The van der Waals surface area contributed by atoms with E-state index in [0.717, 1.165) is 0 Å². The Labute approximate surface area is 89.2 Å². The van der Waals surface area contributed by atoms with Gasteiger partial charge in [0.1, 0.15) is 6.04 Å². The Kier molecular flexibility index (Phi) is 6.37. The molecule has 0 spiro atoms. The van der Waals surface area contributed by atoms with Gasteiger partial charge in [-0.15, -0.1) is 6.58 Å². The number of esters is 2. The van der Waals surface area contributed by atoms with E-state index < -0.39 is 23.9 Å². The highest BCUT2D eigenvalue weighted by molar-refractivity contribution is 5.78. The molecule has 0 unspecified atom stereocenters. The predicted molar refractivity (Wildman–Crippen MR) is 54.9 cm³/mol. The van der Waals surface area contributed by atoms with Crippen molar-refractivity contribution in [2.45, 2.75) is 18.9 Å². The van der Waals surface area contributed by atoms with Crippen LogP contribution in [-0.2, 0) is 19.1 Å². The molecule has 0 aliphatic carbocycles. The third kappa shape index (κ3) is 4.60. The Morgan fingerprint density at radius 3 is 2.27 bits per heavy atom. The maximum absolute atomic E-state index is 11.3. The van der Waals surface area contributed by atoms with Gasteiger partial charge in [-0.3, -0.25) is 9.59 Å². The highest BCUT2D eigenvalue weighted by Gasteiger charge is 2.24. The Balaban J connectivity index is 4.33. The second kappa shape index (κ2) is 7.00. The summed E-state index contributed by atoms with van der Waals surface area (Å²) in [4.78, 5) is 22.3. The molecular formula is C10H17NO4. The van der Waals surface area contributed by atoms with Crippen molar-refractivity contribution in [1.29, 1.82) is 0 Å². The zero-order chi connectivity index (χ0) is 11.8. The standard InChI is InChI=1S/C10H17NO4/c1-4-5-7(9(12)14-2)6-8(11)10(13)15-3/h4,7-8H,1,5-6,11H2,2-3H3/t7-,8+/m1/s1. The van der Waals surface area contributed by atoms with E-state index in [9.17, 15) is 9.59 Å². The summed E-state index contributed by atoms with van der Waals surface area (Å²) < 4.78 is 9.05. The van der Waals surface area contributed by atoms with Gasteiger partial charge >= 0.3 is 11.9 Å². The zero-order valence-corrected chi connectivity index (χ0v) is 9.06. The van der Waals surface area contributed by atoms with Crippen LogP contribution in [-0.4, -0.2) is 32.2 Å². The van der Waals surface area contributed by atoms with Gasteiger partial charge in [-0.2, -0.15) is 0 Å². The quantitative estimate of drug-likeness (QED) is 0.507. The lowest BCUT2D eigenvalue weighted by atomic mass is 9.97. The minimum Gasteiger partial charge on any atom is -0.469 e. The number of ether oxygens (including phenoxy) is 2. The Morgan fingerprint density at radius 1 is 1.33 bits per heavy atom. The second-order valence-corrected chi connectivity index (χ2v) is 3.11. The van der Waals surface area contributed by atoms with Crippen molar-refractivity contribution in [3.8, 4) is 0 Å². The first-order valence-corrected chi connectivity index (χ1v) is 4.58. The van der Waals surface area contributed by atoms with E-state index in [4.69, 9.17) is 5.73 Å². The maximum Gasteiger partial charge on any atom is 0.322 e. The molecule has 0 rings (SSSR count). The minimum atomic E-state index is -0.806. The molecule has 0 aliphatic heterocycles. The number of allylic oxidation sites excluding steroid dienone is 1. The summed E-state index contributed by atoms with van der Waals surface area (Å²) in [5.41, 5.74) is 5.53. The molecular weight excluding hydrogens is 198 g/mol. The molecule has 0 saturated heterocycles. The van der Waals surface area contributed by atoms with E-state index in [0.29, 0.717) is 6.42 Å². The van der Waals surface area contributed by atoms with Gasteiger partial charge in [-0.1, -0.05) is 6.08 Å². The topological polar surface area (TPSA) is 78.6 Å². The highest BCUT2D eigenvalue weighted by Crippen LogP contribution is 2.13. The third-order valence-electron chi connectivity index (χ3n) is 2.03. The summed E-state index contributed by atoms with van der Waals surface area (Å²) in [6, 6.07) is -0.806. The fourth-order valence-corrected chi connectivity index (χ4v) is 1.21. The number of methoxy groups -OCH3 is 2. The molecule has 0 aromatic heterocycles. The zero-order valence-electron chi connectivity index (χ0n) is 9.06. The summed E-state index contributed by atoms with van der Waals surface area (Å²) >= 11 is 0. The van der Waals surface area contributed by atoms with E-state index in [-0.39, 0.29) is 6.42 Å². The molecule has 5 heteroatoms. The van der Waals surface area contributed by atoms with Gasteiger partial charge in [0.05, 0.1) is 20.1 Å². The maximum atomic E-state index is 11.3. The first-order chi connectivity index (χ1) is 7.06. The first kappa shape index (κ1) is 13.6. The molecule has 5 nitrogen and oxygen atoms in total. The number of nitrogens with two attached hydrogens (primary N) is 1. The van der Waals surface area contributed by atoms with Crippen molar-refractivity contribution < 1.29 is 19.1 Å². The van der Waals surface area contributed by atoms with Crippen LogP contribution in [0.1, 0.15) is 12.8 Å². The molecule has 0 aromatic carbocycles. The summed E-state index contributed by atoms with van der Waals surface area (Å²) in [7, 11) is 2.55. The van der Waals surface area contributed by atoms with Gasteiger partial charge < -0.3 is 15.2 Å². The largest absolute Gasteiger partial charge is 0.469 e. The lowest BCUT2D eigenvalue weighted by Gasteiger charge is -2.15. The van der Waals surface area contributed by atoms with Crippen molar-refractivity contribution in [3.05, 3.63) is 12.7 Å². The summed E-state index contributed by atoms with van der Waals surface area (Å²) in [6.07, 6.45) is 2.22. The van der Waals surface area contributed by atoms with E-state index in [1.54, 1.807) is 6.08 Å². The average molecular weight is 215 g/mol. The van der Waals surface area contributed by atoms with Crippen molar-refractivity contribution in [2.24, 2.45) is 11.7 Å². The minimum absolute atomic E-state index is 0.200. The molecule has 0 saturated carbocycles. The SMILES string of the molecule is C=CC[C@H](C[C@H](N)C(=O)OC)C(=O)OC. The molecule has 0 bridgehead atoms. The lowest BCUT2D eigenvalue weighted by Crippen LogP contribution is -2.35. The van der Waals surface area contributed by atoms with Crippen LogP contribution in [0.4, 0.5) is 0 Å². The van der Waals surface area contributed by atoms with Gasteiger partial charge in [0.2, 0.25) is 0 Å². The highest BCUT2D eigenvalue weighted by atomic mass is 16.5. The number of hydrogen-bond acceptors (Lipinski definition) is 5. The molecule has 0 aliphatic rings. The molecule has 0 amide bonds. The van der Waals surface area contributed by atoms with Crippen LogP contribution in [0.2, 0.25) is 0 Å². The van der Waals surface area contributed by atoms with E-state index >= 15 is 0 Å². The summed E-state index contributed by atoms with van der Waals surface area (Å²) in [6.45, 7) is 3.52. The lowest BCUT2D eigenvalue weighted by molar-refractivity contribution is -0.147. The average Bonchev–Trinajstić information content (AvgIpc) is 2.26. The Morgan fingerprint density at radius 2 is 1.87 bits per heavy atom. The van der Waals surface area contributed by atoms with Crippen LogP contribution < -0.4 is 5.73 Å². The normalized spacial score (nSPS) is 13.8. The fraction of sp³-hybridized carbons (Fsp3) is 0.600. The molecule has 0 radical (unpaired) electrons. The summed E-state index contributed by atoms with van der Waals surface area (Å²) in [5, 5.41) is 0. The van der Waals surface area contributed by atoms with Crippen molar-refractivity contribution >= 4 is 11.9 Å². The van der Waals surface area contributed by atoms with E-state index in [2.05, 4.69) is 16.1 Å². The van der Waals surface area contributed by atoms with Crippen LogP contribution in [0.15, 0.2) is 12.7 Å². The number of hydrogen-bond donors (Lipinski definition) is 1. The van der Waals surface area contributed by atoms with Gasteiger partial charge in [-0.25, -0.2) is 0 Å². The van der Waals surface area contributed by atoms with Gasteiger partial charge in [-0.05, 0) is 12.8 Å². The Hall–Kier alpha value is -1.36. The van der Waals surface area contributed by atoms with Crippen LogP contribution in [0.5, 0.6) is 0 Å². The van der Waals surface area contributed by atoms with Gasteiger partial charge in [0.25, 0.3) is 0 Å². The Bertz CT molecular complexity index is 240. The first-order valence-electron chi connectivity index (χ1n) is 4.58. The number of carbonyl (C=O) groups excluding carboxylic acids is 2. The number of rotatable bonds is 6. The van der Waals surface area contributed by atoms with E-state index in [1.165, 1.54) is 14.2 Å². The predicted octanol–water partition coefficient (Wildman–Crippen LogP) is 0.242. The van der Waals surface area contributed by atoms with Crippen molar-refractivity contribution in [2.75, 3.05) is 14.2 Å². The molecule has 2 atom stereocenters. The van der Waals surface area contributed by atoms with Crippen molar-refractivity contribution in [1.82, 2.24) is 0 Å². The fourth-order valence-electron chi connectivity index (χ4n) is 1.21. The van der Waals surface area contributed by atoms with E-state index in [1.807, 2.05) is 0 Å². The van der Waals surface area contributed by atoms with Crippen LogP contribution in [0.3, 0.4) is 0 Å². The molecule has 86 valence electrons. The smallest absolute Gasteiger partial charge is 0.322 e. The van der Waals surface area contributed by atoms with Crippen molar-refractivity contribution in [3.63, 3.8) is 0 Å². The molecule has 0 fully saturated rings. The van der Waals surface area contributed by atoms with Crippen LogP contribution in [0, 0.1) is 5.92 Å². The third-order valence-corrected chi connectivity index (χ3v) is 2.03.